The van der Waals surface area contributed by atoms with Gasteiger partial charge in [0.25, 0.3) is 0 Å². The van der Waals surface area contributed by atoms with E-state index in [4.69, 9.17) is 5.11 Å². The maximum absolute atomic E-state index is 12.7. The highest BCUT2D eigenvalue weighted by molar-refractivity contribution is 5.66. The number of aliphatic hydroxyl groups is 2. The summed E-state index contributed by atoms with van der Waals surface area (Å²) in [5.74, 6) is 9.41. The molecule has 1 rings (SSSR count). The van der Waals surface area contributed by atoms with Gasteiger partial charge in [0.1, 0.15) is 11.9 Å². The van der Waals surface area contributed by atoms with E-state index in [1.165, 1.54) is 18.2 Å². The van der Waals surface area contributed by atoms with Crippen LogP contribution in [-0.2, 0) is 4.79 Å². The third-order valence-electron chi connectivity index (χ3n) is 2.89. The van der Waals surface area contributed by atoms with E-state index in [0.717, 1.165) is 0 Å². The van der Waals surface area contributed by atoms with Crippen molar-refractivity contribution in [3.63, 3.8) is 0 Å². The van der Waals surface area contributed by atoms with Gasteiger partial charge >= 0.3 is 5.97 Å². The van der Waals surface area contributed by atoms with Crippen molar-refractivity contribution in [1.29, 1.82) is 0 Å². The maximum atomic E-state index is 12.7. The topological polar surface area (TPSA) is 77.8 Å². The number of aliphatic hydroxyl groups excluding tert-OH is 2. The van der Waals surface area contributed by atoms with Crippen LogP contribution in [0.15, 0.2) is 48.6 Å². The molecule has 0 fully saturated rings. The summed E-state index contributed by atoms with van der Waals surface area (Å²) in [6.45, 7) is 0. The summed E-state index contributed by atoms with van der Waals surface area (Å²) in [5.41, 5.74) is 0.675. The van der Waals surface area contributed by atoms with E-state index in [9.17, 15) is 19.4 Å². The van der Waals surface area contributed by atoms with Crippen molar-refractivity contribution in [2.45, 2.75) is 31.5 Å². The summed E-state index contributed by atoms with van der Waals surface area (Å²) in [7, 11) is 0. The van der Waals surface area contributed by atoms with E-state index in [-0.39, 0.29) is 25.1 Å². The van der Waals surface area contributed by atoms with E-state index in [1.54, 1.807) is 30.4 Å². The van der Waals surface area contributed by atoms with Crippen LogP contribution in [0.2, 0.25) is 0 Å². The number of carbonyl (C=O) groups is 1. The Hall–Kier alpha value is -2.86. The number of hydrogen-bond donors (Lipinski definition) is 3. The van der Waals surface area contributed by atoms with Gasteiger partial charge in [0, 0.05) is 18.4 Å². The van der Waals surface area contributed by atoms with Gasteiger partial charge in [0.05, 0.1) is 6.10 Å². The van der Waals surface area contributed by atoms with Crippen molar-refractivity contribution in [2.24, 2.45) is 0 Å². The number of carboxylic acids is 1. The van der Waals surface area contributed by atoms with E-state index in [1.807, 2.05) is 0 Å². The Morgan fingerprint density at radius 1 is 1.20 bits per heavy atom. The van der Waals surface area contributed by atoms with Gasteiger partial charge in [-0.1, -0.05) is 41.9 Å². The van der Waals surface area contributed by atoms with Crippen molar-refractivity contribution in [1.82, 2.24) is 0 Å². The minimum atomic E-state index is -0.976. The van der Waals surface area contributed by atoms with E-state index < -0.39 is 18.2 Å². The molecule has 0 spiro atoms. The van der Waals surface area contributed by atoms with Crippen LogP contribution in [0, 0.1) is 29.5 Å². The SMILES string of the molecule is O=C(O)CC[C@H](O)C#C/C=C/C=C/[C@H](O)CC#Cc1ccc(F)cc1. The quantitative estimate of drug-likeness (QED) is 0.547. The lowest BCUT2D eigenvalue weighted by Crippen LogP contribution is -2.06. The molecular formula is C20H19FO4. The average molecular weight is 342 g/mol. The summed E-state index contributed by atoms with van der Waals surface area (Å²) >= 11 is 0. The molecule has 25 heavy (non-hydrogen) atoms. The summed E-state index contributed by atoms with van der Waals surface area (Å²) in [4.78, 5) is 10.3. The average Bonchev–Trinajstić information content (AvgIpc) is 2.58. The molecule has 4 nitrogen and oxygen atoms in total. The molecule has 0 radical (unpaired) electrons. The molecular weight excluding hydrogens is 323 g/mol. The third kappa shape index (κ3) is 10.5. The molecule has 0 aliphatic heterocycles. The highest BCUT2D eigenvalue weighted by atomic mass is 19.1. The van der Waals surface area contributed by atoms with Crippen LogP contribution in [0.25, 0.3) is 0 Å². The lowest BCUT2D eigenvalue weighted by atomic mass is 10.2. The van der Waals surface area contributed by atoms with Gasteiger partial charge in [-0.15, -0.1) is 0 Å². The van der Waals surface area contributed by atoms with Crippen LogP contribution in [0.1, 0.15) is 24.8 Å². The lowest BCUT2D eigenvalue weighted by Gasteiger charge is -1.98. The Labute approximate surface area is 146 Å². The fraction of sp³-hybridized carbons (Fsp3) is 0.250. The number of benzene rings is 1. The lowest BCUT2D eigenvalue weighted by molar-refractivity contribution is -0.137. The largest absolute Gasteiger partial charge is 0.481 e. The second-order valence-corrected chi connectivity index (χ2v) is 5.06. The van der Waals surface area contributed by atoms with Crippen LogP contribution < -0.4 is 0 Å². The molecule has 0 amide bonds. The van der Waals surface area contributed by atoms with Crippen molar-refractivity contribution in [3.05, 3.63) is 60.0 Å². The highest BCUT2D eigenvalue weighted by Gasteiger charge is 2.02. The van der Waals surface area contributed by atoms with Crippen LogP contribution in [-0.4, -0.2) is 33.5 Å². The van der Waals surface area contributed by atoms with E-state index in [2.05, 4.69) is 23.7 Å². The predicted octanol–water partition coefficient (Wildman–Crippen LogP) is 2.27. The molecule has 0 aromatic heterocycles. The smallest absolute Gasteiger partial charge is 0.303 e. The fourth-order valence-electron chi connectivity index (χ4n) is 1.63. The number of aliphatic carboxylic acids is 1. The van der Waals surface area contributed by atoms with Crippen LogP contribution >= 0.6 is 0 Å². The zero-order chi connectivity index (χ0) is 18.5. The minimum absolute atomic E-state index is 0.0808. The molecule has 1 aromatic rings. The molecule has 130 valence electrons. The molecule has 0 aliphatic rings. The highest BCUT2D eigenvalue weighted by Crippen LogP contribution is 2.01. The van der Waals surface area contributed by atoms with E-state index >= 15 is 0 Å². The van der Waals surface area contributed by atoms with Gasteiger partial charge in [-0.2, -0.15) is 0 Å². The van der Waals surface area contributed by atoms with Crippen molar-refractivity contribution in [3.8, 4) is 23.7 Å². The summed E-state index contributed by atoms with van der Waals surface area (Å²) < 4.78 is 12.7. The van der Waals surface area contributed by atoms with Crippen molar-refractivity contribution >= 4 is 5.97 Å². The van der Waals surface area contributed by atoms with Gasteiger partial charge in [-0.25, -0.2) is 4.39 Å². The maximum Gasteiger partial charge on any atom is 0.303 e. The molecule has 3 N–H and O–H groups in total. The molecule has 0 saturated carbocycles. The summed E-state index contributed by atoms with van der Waals surface area (Å²) in [6.07, 6.45) is 4.68. The fourth-order valence-corrected chi connectivity index (χ4v) is 1.63. The molecule has 5 heteroatoms. The number of carboxylic acid groups (broad SMARTS) is 1. The second kappa shape index (κ2) is 11.6. The standard InChI is InChI=1S/C20H19FO4/c21-17-12-10-16(11-13-17)6-5-9-18(22)7-3-1-2-4-8-19(23)14-15-20(24)25/h1-3,7,10-13,18-19,22-23H,9,14-15H2,(H,24,25)/b2-1+,7-3+/t18-,19+/m0/s1. The number of halogens is 1. The first-order valence-electron chi connectivity index (χ1n) is 7.64. The molecule has 0 bridgehead atoms. The van der Waals surface area contributed by atoms with Crippen molar-refractivity contribution in [2.75, 3.05) is 0 Å². The molecule has 0 unspecified atom stereocenters. The first kappa shape index (κ1) is 20.2. The van der Waals surface area contributed by atoms with Gasteiger partial charge in [-0.05, 0) is 36.8 Å². The molecule has 2 atom stereocenters. The zero-order valence-corrected chi connectivity index (χ0v) is 13.5. The summed E-state index contributed by atoms with van der Waals surface area (Å²) in [5, 5.41) is 27.6. The van der Waals surface area contributed by atoms with Gasteiger partial charge in [-0.3, -0.25) is 4.79 Å². The Balaban J connectivity index is 2.34. The summed E-state index contributed by atoms with van der Waals surface area (Å²) in [6, 6.07) is 5.78. The number of hydrogen-bond acceptors (Lipinski definition) is 3. The normalized spacial score (nSPS) is 12.9. The minimum Gasteiger partial charge on any atom is -0.481 e. The molecule has 0 saturated heterocycles. The number of allylic oxidation sites excluding steroid dienone is 3. The van der Waals surface area contributed by atoms with Crippen LogP contribution in [0.4, 0.5) is 4.39 Å². The van der Waals surface area contributed by atoms with E-state index in [0.29, 0.717) is 5.56 Å². The van der Waals surface area contributed by atoms with Crippen LogP contribution in [0.5, 0.6) is 0 Å². The number of rotatable bonds is 6. The van der Waals surface area contributed by atoms with Crippen LogP contribution in [0.3, 0.4) is 0 Å². The predicted molar refractivity (Wildman–Crippen MR) is 92.8 cm³/mol. The third-order valence-corrected chi connectivity index (χ3v) is 2.89. The first-order valence-corrected chi connectivity index (χ1v) is 7.64. The molecule has 0 aliphatic carbocycles. The Morgan fingerprint density at radius 3 is 2.60 bits per heavy atom. The van der Waals surface area contributed by atoms with Gasteiger partial charge in [0.15, 0.2) is 0 Å². The Kier molecular flexibility index (Phi) is 9.40. The second-order valence-electron chi connectivity index (χ2n) is 5.06. The monoisotopic (exact) mass is 342 g/mol. The molecule has 0 heterocycles. The first-order chi connectivity index (χ1) is 12.0. The Morgan fingerprint density at radius 2 is 1.92 bits per heavy atom. The van der Waals surface area contributed by atoms with Crippen molar-refractivity contribution < 1.29 is 24.5 Å². The van der Waals surface area contributed by atoms with Gasteiger partial charge < -0.3 is 15.3 Å². The van der Waals surface area contributed by atoms with Gasteiger partial charge in [0.2, 0.25) is 0 Å². The Bertz CT molecular complexity index is 727. The zero-order valence-electron chi connectivity index (χ0n) is 13.5. The molecule has 1 aromatic carbocycles.